The van der Waals surface area contributed by atoms with Gasteiger partial charge in [0, 0.05) is 18.1 Å². The van der Waals surface area contributed by atoms with Crippen LogP contribution < -0.4 is 0 Å². The molecule has 2 atom stereocenters. The molecule has 1 aliphatic rings. The number of rotatable bonds is 2. The summed E-state index contributed by atoms with van der Waals surface area (Å²) in [5.74, 6) is 11.0. The molecule has 0 heterocycles. The zero-order chi connectivity index (χ0) is 13.0. The number of aliphatic hydroxyl groups is 1. The van der Waals surface area contributed by atoms with Crippen molar-refractivity contribution >= 4 is 5.97 Å². The molecule has 90 valence electrons. The van der Waals surface area contributed by atoms with Crippen LogP contribution in [0.4, 0.5) is 0 Å². The quantitative estimate of drug-likeness (QED) is 0.767. The third-order valence-electron chi connectivity index (χ3n) is 2.82. The van der Waals surface area contributed by atoms with Gasteiger partial charge in [-0.15, -0.1) is 0 Å². The van der Waals surface area contributed by atoms with Crippen LogP contribution >= 0.6 is 0 Å². The minimum Gasteiger partial charge on any atom is -0.478 e. The molecule has 0 saturated heterocycles. The SMILES string of the molecule is O=C(O)c1ccc(C#CC#CC2CC2CO)cc1. The Labute approximate surface area is 105 Å². The lowest BCUT2D eigenvalue weighted by atomic mass is 10.1. The van der Waals surface area contributed by atoms with Gasteiger partial charge in [0.15, 0.2) is 0 Å². The van der Waals surface area contributed by atoms with Crippen molar-refractivity contribution in [3.05, 3.63) is 35.4 Å². The molecule has 1 aromatic rings. The summed E-state index contributed by atoms with van der Waals surface area (Å²) in [6.07, 6.45) is 0.957. The summed E-state index contributed by atoms with van der Waals surface area (Å²) in [5.41, 5.74) is 0.985. The first-order chi connectivity index (χ1) is 8.70. The summed E-state index contributed by atoms with van der Waals surface area (Å²) in [4.78, 5) is 10.6. The highest BCUT2D eigenvalue weighted by atomic mass is 16.4. The number of carboxylic acid groups (broad SMARTS) is 1. The molecular weight excluding hydrogens is 228 g/mol. The van der Waals surface area contributed by atoms with E-state index in [2.05, 4.69) is 23.7 Å². The van der Waals surface area contributed by atoms with Crippen molar-refractivity contribution in [3.8, 4) is 23.7 Å². The number of benzene rings is 1. The van der Waals surface area contributed by atoms with Gasteiger partial charge in [-0.25, -0.2) is 4.79 Å². The lowest BCUT2D eigenvalue weighted by molar-refractivity contribution is 0.0697. The van der Waals surface area contributed by atoms with Crippen LogP contribution in [0.5, 0.6) is 0 Å². The van der Waals surface area contributed by atoms with Crippen LogP contribution in [0.25, 0.3) is 0 Å². The summed E-state index contributed by atoms with van der Waals surface area (Å²) in [6.45, 7) is 0.198. The molecule has 1 aromatic carbocycles. The fourth-order valence-electron chi connectivity index (χ4n) is 1.55. The molecule has 2 rings (SSSR count). The number of carboxylic acids is 1. The predicted octanol–water partition coefficient (Wildman–Crippen LogP) is 1.37. The molecule has 1 fully saturated rings. The first kappa shape index (κ1) is 12.2. The topological polar surface area (TPSA) is 57.5 Å². The van der Waals surface area contributed by atoms with E-state index in [0.717, 1.165) is 12.0 Å². The molecule has 18 heavy (non-hydrogen) atoms. The Kier molecular flexibility index (Phi) is 3.67. The van der Waals surface area contributed by atoms with E-state index in [9.17, 15) is 4.79 Å². The van der Waals surface area contributed by atoms with Crippen molar-refractivity contribution in [1.29, 1.82) is 0 Å². The lowest BCUT2D eigenvalue weighted by Crippen LogP contribution is -1.94. The van der Waals surface area contributed by atoms with Crippen LogP contribution in [-0.4, -0.2) is 22.8 Å². The van der Waals surface area contributed by atoms with Gasteiger partial charge >= 0.3 is 5.97 Å². The van der Waals surface area contributed by atoms with Gasteiger partial charge < -0.3 is 10.2 Å². The van der Waals surface area contributed by atoms with Crippen molar-refractivity contribution in [2.75, 3.05) is 6.61 Å². The molecule has 0 amide bonds. The van der Waals surface area contributed by atoms with Crippen LogP contribution in [-0.2, 0) is 0 Å². The second kappa shape index (κ2) is 5.40. The fraction of sp³-hybridized carbons (Fsp3) is 0.267. The van der Waals surface area contributed by atoms with Gasteiger partial charge in [-0.05, 0) is 48.4 Å². The molecule has 1 aliphatic carbocycles. The molecule has 1 saturated carbocycles. The summed E-state index contributed by atoms with van der Waals surface area (Å²) in [5, 5.41) is 17.6. The minimum absolute atomic E-state index is 0.198. The summed E-state index contributed by atoms with van der Waals surface area (Å²) >= 11 is 0. The van der Waals surface area contributed by atoms with Crippen molar-refractivity contribution < 1.29 is 15.0 Å². The van der Waals surface area contributed by atoms with E-state index in [1.807, 2.05) is 0 Å². The molecule has 3 nitrogen and oxygen atoms in total. The van der Waals surface area contributed by atoms with E-state index in [1.165, 1.54) is 12.1 Å². The van der Waals surface area contributed by atoms with Gasteiger partial charge in [-0.2, -0.15) is 0 Å². The third-order valence-corrected chi connectivity index (χ3v) is 2.82. The molecule has 0 bridgehead atoms. The van der Waals surface area contributed by atoms with E-state index >= 15 is 0 Å². The predicted molar refractivity (Wildman–Crippen MR) is 66.7 cm³/mol. The summed E-state index contributed by atoms with van der Waals surface area (Å²) in [6, 6.07) is 6.35. The van der Waals surface area contributed by atoms with Gasteiger partial charge in [0.05, 0.1) is 5.56 Å². The Bertz CT molecular complexity index is 564. The van der Waals surface area contributed by atoms with Crippen LogP contribution in [0.3, 0.4) is 0 Å². The molecule has 0 aromatic heterocycles. The second-order valence-electron chi connectivity index (χ2n) is 4.19. The van der Waals surface area contributed by atoms with Crippen molar-refractivity contribution in [2.24, 2.45) is 11.8 Å². The van der Waals surface area contributed by atoms with Crippen molar-refractivity contribution in [2.45, 2.75) is 6.42 Å². The molecule has 3 heteroatoms. The largest absolute Gasteiger partial charge is 0.478 e. The number of hydrogen-bond donors (Lipinski definition) is 2. The molecule has 0 aliphatic heterocycles. The average molecular weight is 240 g/mol. The highest BCUT2D eigenvalue weighted by Crippen LogP contribution is 2.36. The van der Waals surface area contributed by atoms with Gasteiger partial charge in [0.2, 0.25) is 0 Å². The van der Waals surface area contributed by atoms with E-state index in [-0.39, 0.29) is 12.2 Å². The summed E-state index contributed by atoms with van der Waals surface area (Å²) in [7, 11) is 0. The zero-order valence-electron chi connectivity index (χ0n) is 9.68. The monoisotopic (exact) mass is 240 g/mol. The first-order valence-electron chi connectivity index (χ1n) is 5.66. The number of aliphatic hydroxyl groups excluding tert-OH is 1. The Balaban J connectivity index is 1.96. The molecule has 0 spiro atoms. The second-order valence-corrected chi connectivity index (χ2v) is 4.19. The Morgan fingerprint density at radius 3 is 2.56 bits per heavy atom. The smallest absolute Gasteiger partial charge is 0.335 e. The van der Waals surface area contributed by atoms with E-state index < -0.39 is 5.97 Å². The minimum atomic E-state index is -0.946. The molecule has 2 unspecified atom stereocenters. The summed E-state index contributed by atoms with van der Waals surface area (Å²) < 4.78 is 0. The number of hydrogen-bond acceptors (Lipinski definition) is 2. The Hall–Kier alpha value is -2.23. The van der Waals surface area contributed by atoms with Gasteiger partial charge in [0.25, 0.3) is 0 Å². The molecular formula is C15H12O3. The standard InChI is InChI=1S/C15H12O3/c16-10-14-9-13(14)4-2-1-3-11-5-7-12(8-6-11)15(17)18/h5-8,13-14,16H,9-10H2,(H,17,18). The number of carbonyl (C=O) groups is 1. The normalized spacial score (nSPS) is 20.1. The first-order valence-corrected chi connectivity index (χ1v) is 5.66. The number of aromatic carboxylic acids is 1. The Morgan fingerprint density at radius 1 is 1.28 bits per heavy atom. The van der Waals surface area contributed by atoms with Crippen molar-refractivity contribution in [1.82, 2.24) is 0 Å². The maximum absolute atomic E-state index is 10.6. The van der Waals surface area contributed by atoms with E-state index in [0.29, 0.717) is 11.8 Å². The van der Waals surface area contributed by atoms with Gasteiger partial charge in [0.1, 0.15) is 0 Å². The highest BCUT2D eigenvalue weighted by Gasteiger charge is 2.34. The maximum atomic E-state index is 10.6. The van der Waals surface area contributed by atoms with Crippen LogP contribution in [0, 0.1) is 35.5 Å². The Morgan fingerprint density at radius 2 is 2.00 bits per heavy atom. The van der Waals surface area contributed by atoms with Crippen LogP contribution in [0.15, 0.2) is 24.3 Å². The zero-order valence-corrected chi connectivity index (χ0v) is 9.68. The average Bonchev–Trinajstić information content (AvgIpc) is 3.14. The maximum Gasteiger partial charge on any atom is 0.335 e. The highest BCUT2D eigenvalue weighted by molar-refractivity contribution is 5.87. The molecule has 2 N–H and O–H groups in total. The van der Waals surface area contributed by atoms with E-state index in [1.54, 1.807) is 12.1 Å². The van der Waals surface area contributed by atoms with Crippen LogP contribution in [0.1, 0.15) is 22.3 Å². The third kappa shape index (κ3) is 3.13. The van der Waals surface area contributed by atoms with Gasteiger partial charge in [-0.1, -0.05) is 11.8 Å². The van der Waals surface area contributed by atoms with Crippen LogP contribution in [0.2, 0.25) is 0 Å². The van der Waals surface area contributed by atoms with Crippen molar-refractivity contribution in [3.63, 3.8) is 0 Å². The lowest BCUT2D eigenvalue weighted by Gasteiger charge is -1.92. The molecule has 0 radical (unpaired) electrons. The fourth-order valence-corrected chi connectivity index (χ4v) is 1.55. The van der Waals surface area contributed by atoms with Gasteiger partial charge in [-0.3, -0.25) is 0 Å². The van der Waals surface area contributed by atoms with E-state index in [4.69, 9.17) is 10.2 Å².